The molecular formula is C44H28BrN3S. The minimum absolute atomic E-state index is 0.916. The smallest absolute Gasteiger partial charge is 0.0737 e. The molecule has 0 radical (unpaired) electrons. The molecule has 3 nitrogen and oxygen atoms in total. The molecule has 2 aliphatic heterocycles. The zero-order chi connectivity index (χ0) is 32.7. The molecule has 2 aliphatic rings. The lowest BCUT2D eigenvalue weighted by Crippen LogP contribution is -1.88. The number of H-pyrrole nitrogens is 1. The van der Waals surface area contributed by atoms with Crippen molar-refractivity contribution in [2.45, 2.75) is 0 Å². The van der Waals surface area contributed by atoms with Crippen LogP contribution in [-0.4, -0.2) is 15.0 Å². The maximum absolute atomic E-state index is 5.39. The molecule has 0 atom stereocenters. The molecule has 0 fully saturated rings. The topological polar surface area (TPSA) is 41.6 Å². The van der Waals surface area contributed by atoms with Gasteiger partial charge in [0.25, 0.3) is 0 Å². The molecule has 0 spiro atoms. The minimum atomic E-state index is 0.916. The van der Waals surface area contributed by atoms with E-state index in [-0.39, 0.29) is 0 Å². The van der Waals surface area contributed by atoms with E-state index in [1.165, 1.54) is 0 Å². The third kappa shape index (κ3) is 5.47. The Morgan fingerprint density at radius 1 is 0.388 bits per heavy atom. The highest BCUT2D eigenvalue weighted by atomic mass is 79.9. The number of benzene rings is 4. The van der Waals surface area contributed by atoms with E-state index in [1.54, 1.807) is 11.3 Å². The highest BCUT2D eigenvalue weighted by molar-refractivity contribution is 9.10. The molecule has 7 aromatic rings. The molecular weight excluding hydrogens is 682 g/mol. The molecule has 5 heteroatoms. The highest BCUT2D eigenvalue weighted by Crippen LogP contribution is 2.41. The van der Waals surface area contributed by atoms with Gasteiger partial charge in [0.15, 0.2) is 0 Å². The first-order valence-corrected chi connectivity index (χ1v) is 17.8. The number of aromatic nitrogens is 3. The predicted molar refractivity (Wildman–Crippen MR) is 212 cm³/mol. The van der Waals surface area contributed by atoms with Crippen molar-refractivity contribution < 1.29 is 0 Å². The van der Waals surface area contributed by atoms with E-state index in [9.17, 15) is 0 Å². The molecule has 0 saturated carbocycles. The van der Waals surface area contributed by atoms with Crippen LogP contribution in [0.2, 0.25) is 0 Å². The predicted octanol–water partition coefficient (Wildman–Crippen LogP) is 12.8. The van der Waals surface area contributed by atoms with E-state index >= 15 is 0 Å². The van der Waals surface area contributed by atoms with Gasteiger partial charge >= 0.3 is 0 Å². The number of nitrogens with zero attached hydrogens (tertiary/aromatic N) is 2. The zero-order valence-corrected chi connectivity index (χ0v) is 28.7. The number of hydrogen-bond acceptors (Lipinski definition) is 3. The van der Waals surface area contributed by atoms with Crippen LogP contribution in [0, 0.1) is 0 Å². The molecule has 1 N–H and O–H groups in total. The summed E-state index contributed by atoms with van der Waals surface area (Å²) in [4.78, 5) is 14.6. The largest absolute Gasteiger partial charge is 0.354 e. The van der Waals surface area contributed by atoms with Gasteiger partial charge in [-0.25, -0.2) is 9.97 Å². The van der Waals surface area contributed by atoms with Crippen LogP contribution in [-0.2, 0) is 0 Å². The number of fused-ring (bicyclic) bond motifs is 8. The number of nitrogens with one attached hydrogen (secondary N) is 1. The summed E-state index contributed by atoms with van der Waals surface area (Å²) in [5.41, 5.74) is 14.5. The second kappa shape index (κ2) is 12.4. The van der Waals surface area contributed by atoms with Crippen molar-refractivity contribution in [3.05, 3.63) is 167 Å². The van der Waals surface area contributed by atoms with Crippen LogP contribution in [0.3, 0.4) is 0 Å². The van der Waals surface area contributed by atoms with Gasteiger partial charge in [-0.3, -0.25) is 0 Å². The number of rotatable bonds is 4. The summed E-state index contributed by atoms with van der Waals surface area (Å²) in [5, 5.41) is 0. The lowest BCUT2D eigenvalue weighted by molar-refractivity contribution is 1.32. The summed E-state index contributed by atoms with van der Waals surface area (Å²) in [6.45, 7) is 0. The fraction of sp³-hybridized carbons (Fsp3) is 0. The Labute approximate surface area is 296 Å². The maximum Gasteiger partial charge on any atom is 0.0737 e. The summed E-state index contributed by atoms with van der Waals surface area (Å²) in [5.74, 6) is 0. The third-order valence-electron chi connectivity index (χ3n) is 8.95. The van der Waals surface area contributed by atoms with E-state index in [4.69, 9.17) is 9.97 Å². The van der Waals surface area contributed by atoms with Crippen molar-refractivity contribution >= 4 is 72.0 Å². The van der Waals surface area contributed by atoms with Crippen molar-refractivity contribution in [3.8, 4) is 44.5 Å². The van der Waals surface area contributed by atoms with Crippen LogP contribution in [0.1, 0.15) is 22.8 Å². The summed E-state index contributed by atoms with van der Waals surface area (Å²) >= 11 is 5.42. The first-order chi connectivity index (χ1) is 24.2. The standard InChI is InChI=1S/C44H28BrN3S/c45-32-18-16-31(17-19-32)44-38-25-23-36(48-38)42(29-12-6-2-7-13-29)34-21-20-33(46-34)41(28-10-4-1-5-11-28)35-22-24-37(47-35)43(30-14-8-3-9-15-30)39-26-27-40(44)49-39/h1-27,46H. The Morgan fingerprint density at radius 3 is 1.18 bits per heavy atom. The molecule has 9 rings (SSSR count). The van der Waals surface area contributed by atoms with Crippen molar-refractivity contribution in [2.75, 3.05) is 0 Å². The average molecular weight is 711 g/mol. The van der Waals surface area contributed by atoms with Crippen molar-refractivity contribution in [2.24, 2.45) is 0 Å². The van der Waals surface area contributed by atoms with E-state index < -0.39 is 0 Å². The van der Waals surface area contributed by atoms with E-state index in [0.717, 1.165) is 92.2 Å². The van der Waals surface area contributed by atoms with E-state index in [0.29, 0.717) is 0 Å². The van der Waals surface area contributed by atoms with Crippen LogP contribution in [0.5, 0.6) is 0 Å². The molecule has 4 aromatic carbocycles. The Morgan fingerprint density at radius 2 is 0.755 bits per heavy atom. The Balaban J connectivity index is 1.48. The maximum atomic E-state index is 5.39. The second-order valence-electron chi connectivity index (χ2n) is 12.0. The Hall–Kier alpha value is -5.62. The van der Waals surface area contributed by atoms with Gasteiger partial charge in [-0.05, 0) is 83.0 Å². The van der Waals surface area contributed by atoms with Crippen molar-refractivity contribution in [1.82, 2.24) is 15.0 Å². The number of halogens is 1. The van der Waals surface area contributed by atoms with Crippen LogP contribution in [0.4, 0.5) is 0 Å². The molecule has 49 heavy (non-hydrogen) atoms. The van der Waals surface area contributed by atoms with Gasteiger partial charge < -0.3 is 4.98 Å². The molecule has 232 valence electrons. The fourth-order valence-corrected chi connectivity index (χ4v) is 8.14. The molecule has 0 aliphatic carbocycles. The van der Waals surface area contributed by atoms with Crippen LogP contribution >= 0.6 is 27.3 Å². The quantitative estimate of drug-likeness (QED) is 0.198. The molecule has 3 aromatic heterocycles. The first kappa shape index (κ1) is 29.5. The van der Waals surface area contributed by atoms with E-state index in [2.05, 4.69) is 185 Å². The average Bonchev–Trinajstić information content (AvgIpc) is 3.98. The van der Waals surface area contributed by atoms with Gasteiger partial charge in [0.05, 0.1) is 22.8 Å². The lowest BCUT2D eigenvalue weighted by atomic mass is 10.0. The van der Waals surface area contributed by atoms with Gasteiger partial charge in [0.2, 0.25) is 0 Å². The first-order valence-electron chi connectivity index (χ1n) is 16.2. The third-order valence-corrected chi connectivity index (χ3v) is 10.6. The summed E-state index contributed by atoms with van der Waals surface area (Å²) in [7, 11) is 0. The summed E-state index contributed by atoms with van der Waals surface area (Å²) < 4.78 is 3.34. The molecule has 0 unspecified atom stereocenters. The van der Waals surface area contributed by atoms with Gasteiger partial charge in [-0.15, -0.1) is 11.3 Å². The monoisotopic (exact) mass is 709 g/mol. The van der Waals surface area contributed by atoms with Crippen molar-refractivity contribution in [1.29, 1.82) is 0 Å². The summed E-state index contributed by atoms with van der Waals surface area (Å²) in [6, 6.07) is 49.0. The highest BCUT2D eigenvalue weighted by Gasteiger charge is 2.18. The molecule has 0 saturated heterocycles. The van der Waals surface area contributed by atoms with Gasteiger partial charge in [-0.2, -0.15) is 0 Å². The van der Waals surface area contributed by atoms with Crippen molar-refractivity contribution in [3.63, 3.8) is 0 Å². The Bertz CT molecular complexity index is 2540. The minimum Gasteiger partial charge on any atom is -0.354 e. The van der Waals surface area contributed by atoms with Gasteiger partial charge in [-0.1, -0.05) is 119 Å². The SMILES string of the molecule is Brc1ccc(-c2c3nc(c(-c4ccccc4)c4ccc([nH]4)c(-c4ccccc4)c4nc(c(-c5ccccc5)c5ccc2s5)C=C4)C=C3)cc1. The summed E-state index contributed by atoms with van der Waals surface area (Å²) in [6.07, 6.45) is 8.62. The van der Waals surface area contributed by atoms with Crippen LogP contribution in [0.25, 0.3) is 89.2 Å². The van der Waals surface area contributed by atoms with Crippen LogP contribution in [0.15, 0.2) is 144 Å². The molecule has 5 heterocycles. The van der Waals surface area contributed by atoms with Crippen LogP contribution < -0.4 is 0 Å². The Kier molecular flexibility index (Phi) is 7.49. The number of hydrogen-bond donors (Lipinski definition) is 1. The zero-order valence-electron chi connectivity index (χ0n) is 26.3. The number of aromatic amines is 1. The second-order valence-corrected chi connectivity index (χ2v) is 14.0. The lowest BCUT2D eigenvalue weighted by Gasteiger charge is -2.06. The number of thiophene rings is 1. The van der Waals surface area contributed by atoms with Gasteiger partial charge in [0.1, 0.15) is 0 Å². The molecule has 0 amide bonds. The van der Waals surface area contributed by atoms with E-state index in [1.807, 2.05) is 0 Å². The normalized spacial score (nSPS) is 12.0. The fourth-order valence-electron chi connectivity index (χ4n) is 6.72. The van der Waals surface area contributed by atoms with Gasteiger partial charge in [0, 0.05) is 47.2 Å². The molecule has 8 bridgehead atoms.